The van der Waals surface area contributed by atoms with Gasteiger partial charge < -0.3 is 5.11 Å². The zero-order chi connectivity index (χ0) is 17.7. The Kier molecular flexibility index (Phi) is 6.33. The second-order valence-corrected chi connectivity index (χ2v) is 6.79. The van der Waals surface area contributed by atoms with Crippen LogP contribution in [0.1, 0.15) is 75.4 Å². The van der Waals surface area contributed by atoms with Gasteiger partial charge in [0.1, 0.15) is 0 Å². The fourth-order valence-corrected chi connectivity index (χ4v) is 3.09. The normalized spacial score (nSPS) is 11.8. The van der Waals surface area contributed by atoms with E-state index in [4.69, 9.17) is 4.98 Å². The lowest BCUT2D eigenvalue weighted by molar-refractivity contribution is 0.280. The number of benzene rings is 1. The van der Waals surface area contributed by atoms with Crippen LogP contribution in [0.25, 0.3) is 17.2 Å². The van der Waals surface area contributed by atoms with Crippen molar-refractivity contribution in [2.75, 3.05) is 0 Å². The number of aliphatic hydroxyl groups excluding tert-OH is 1. The average Bonchev–Trinajstić information content (AvgIpc) is 2.58. The molecule has 24 heavy (non-hydrogen) atoms. The highest BCUT2D eigenvalue weighted by molar-refractivity contribution is 5.80. The molecule has 0 spiro atoms. The summed E-state index contributed by atoms with van der Waals surface area (Å²) in [6.07, 6.45) is 5.33. The predicted molar refractivity (Wildman–Crippen MR) is 103 cm³/mol. The molecule has 0 bridgehead atoms. The number of allylic oxidation sites excluding steroid dienone is 1. The molecule has 0 radical (unpaired) electrons. The Hall–Kier alpha value is -1.93. The number of aromatic nitrogens is 1. The molecule has 0 atom stereocenters. The minimum atomic E-state index is 0.0100. The van der Waals surface area contributed by atoms with Crippen LogP contribution in [0.4, 0.5) is 0 Å². The van der Waals surface area contributed by atoms with Crippen molar-refractivity contribution in [2.24, 2.45) is 0 Å². The van der Waals surface area contributed by atoms with Crippen LogP contribution in [0, 0.1) is 0 Å². The maximum atomic E-state index is 10.1. The first-order valence-corrected chi connectivity index (χ1v) is 8.90. The van der Waals surface area contributed by atoms with Gasteiger partial charge >= 0.3 is 0 Å². The highest BCUT2D eigenvalue weighted by Crippen LogP contribution is 2.37. The van der Waals surface area contributed by atoms with Crippen molar-refractivity contribution in [3.05, 3.63) is 58.9 Å². The van der Waals surface area contributed by atoms with Gasteiger partial charge in [-0.1, -0.05) is 77.1 Å². The minimum Gasteiger partial charge on any atom is -0.392 e. The van der Waals surface area contributed by atoms with Crippen molar-refractivity contribution in [3.63, 3.8) is 0 Å². The van der Waals surface area contributed by atoms with Crippen LogP contribution in [-0.4, -0.2) is 10.1 Å². The van der Waals surface area contributed by atoms with Gasteiger partial charge in [0.2, 0.25) is 0 Å². The van der Waals surface area contributed by atoms with E-state index >= 15 is 0 Å². The van der Waals surface area contributed by atoms with E-state index < -0.39 is 0 Å². The summed E-state index contributed by atoms with van der Waals surface area (Å²) in [6, 6.07) is 10.4. The summed E-state index contributed by atoms with van der Waals surface area (Å²) >= 11 is 0. The predicted octanol–water partition coefficient (Wildman–Crippen LogP) is 5.91. The van der Waals surface area contributed by atoms with Crippen molar-refractivity contribution < 1.29 is 5.11 Å². The molecule has 1 aromatic carbocycles. The number of pyridine rings is 1. The van der Waals surface area contributed by atoms with Gasteiger partial charge in [-0.3, -0.25) is 4.98 Å². The van der Waals surface area contributed by atoms with E-state index in [1.807, 2.05) is 18.2 Å². The van der Waals surface area contributed by atoms with Crippen molar-refractivity contribution in [2.45, 2.75) is 59.5 Å². The molecule has 1 N–H and O–H groups in total. The van der Waals surface area contributed by atoms with Gasteiger partial charge in [0.05, 0.1) is 12.3 Å². The molecule has 2 heteroatoms. The highest BCUT2D eigenvalue weighted by atomic mass is 16.3. The zero-order valence-corrected chi connectivity index (χ0v) is 15.5. The third-order valence-electron chi connectivity index (χ3n) is 4.23. The maximum Gasteiger partial charge on any atom is 0.0706 e. The van der Waals surface area contributed by atoms with Crippen LogP contribution in [0.3, 0.4) is 0 Å². The molecule has 0 saturated carbocycles. The fourth-order valence-electron chi connectivity index (χ4n) is 3.09. The Balaban J connectivity index is 2.91. The number of rotatable bonds is 6. The standard InChI is InChI=1S/C22H29NO/c1-6-7-13-18-20(17-11-9-8-10-12-17)19(14-24)22(16(4)5)23-21(18)15(2)3/h7-13,15-16,24H,6,14H2,1-5H3. The molecule has 1 heterocycles. The first kappa shape index (κ1) is 18.4. The average molecular weight is 323 g/mol. The Morgan fingerprint density at radius 3 is 2.12 bits per heavy atom. The molecular formula is C22H29NO. The molecule has 2 aromatic rings. The molecule has 2 nitrogen and oxygen atoms in total. The quantitative estimate of drug-likeness (QED) is 0.716. The second-order valence-electron chi connectivity index (χ2n) is 6.79. The monoisotopic (exact) mass is 323 g/mol. The Labute approximate surface area is 146 Å². The summed E-state index contributed by atoms with van der Waals surface area (Å²) in [7, 11) is 0. The molecule has 0 unspecified atom stereocenters. The van der Waals surface area contributed by atoms with Crippen molar-refractivity contribution >= 4 is 6.08 Å². The third-order valence-corrected chi connectivity index (χ3v) is 4.23. The first-order valence-electron chi connectivity index (χ1n) is 8.90. The van der Waals surface area contributed by atoms with Gasteiger partial charge in [-0.05, 0) is 29.4 Å². The van der Waals surface area contributed by atoms with E-state index in [0.29, 0.717) is 5.92 Å². The SMILES string of the molecule is CCC=Cc1c(C(C)C)nc(C(C)C)c(CO)c1-c1ccccc1. The van der Waals surface area contributed by atoms with Crippen molar-refractivity contribution in [1.29, 1.82) is 0 Å². The summed E-state index contributed by atoms with van der Waals surface area (Å²) in [5, 5.41) is 10.1. The van der Waals surface area contributed by atoms with Gasteiger partial charge in [0.15, 0.2) is 0 Å². The number of aliphatic hydroxyl groups is 1. The van der Waals surface area contributed by atoms with Crippen molar-refractivity contribution in [1.82, 2.24) is 4.98 Å². The third kappa shape index (κ3) is 3.76. The van der Waals surface area contributed by atoms with Crippen LogP contribution >= 0.6 is 0 Å². The first-order chi connectivity index (χ1) is 11.5. The second kappa shape index (κ2) is 8.25. The number of hydrogen-bond donors (Lipinski definition) is 1. The van der Waals surface area contributed by atoms with E-state index in [9.17, 15) is 5.11 Å². The van der Waals surface area contributed by atoms with E-state index in [-0.39, 0.29) is 12.5 Å². The lowest BCUT2D eigenvalue weighted by atomic mass is 9.87. The minimum absolute atomic E-state index is 0.0100. The Morgan fingerprint density at radius 1 is 1.00 bits per heavy atom. The largest absolute Gasteiger partial charge is 0.392 e. The highest BCUT2D eigenvalue weighted by Gasteiger charge is 2.21. The molecule has 0 aliphatic carbocycles. The summed E-state index contributed by atoms with van der Waals surface area (Å²) in [4.78, 5) is 4.97. The molecule has 1 aromatic heterocycles. The van der Waals surface area contributed by atoms with E-state index in [1.165, 1.54) is 0 Å². The van der Waals surface area contributed by atoms with E-state index in [2.05, 4.69) is 58.9 Å². The van der Waals surface area contributed by atoms with Crippen LogP contribution in [0.2, 0.25) is 0 Å². The lowest BCUT2D eigenvalue weighted by Crippen LogP contribution is -2.10. The van der Waals surface area contributed by atoms with Crippen LogP contribution in [0.15, 0.2) is 36.4 Å². The molecule has 128 valence electrons. The van der Waals surface area contributed by atoms with E-state index in [1.54, 1.807) is 0 Å². The topological polar surface area (TPSA) is 33.1 Å². The molecular weight excluding hydrogens is 294 g/mol. The molecule has 0 saturated heterocycles. The zero-order valence-electron chi connectivity index (χ0n) is 15.5. The summed E-state index contributed by atoms with van der Waals surface area (Å²) in [5.74, 6) is 0.602. The van der Waals surface area contributed by atoms with Crippen LogP contribution < -0.4 is 0 Å². The maximum absolute atomic E-state index is 10.1. The molecule has 2 rings (SSSR count). The van der Waals surface area contributed by atoms with Crippen molar-refractivity contribution in [3.8, 4) is 11.1 Å². The molecule has 0 aliphatic heterocycles. The van der Waals surface area contributed by atoms with Gasteiger partial charge in [-0.2, -0.15) is 0 Å². The molecule has 0 fully saturated rings. The van der Waals surface area contributed by atoms with E-state index in [0.717, 1.165) is 40.1 Å². The summed E-state index contributed by atoms with van der Waals surface area (Å²) < 4.78 is 0. The smallest absolute Gasteiger partial charge is 0.0706 e. The lowest BCUT2D eigenvalue weighted by Gasteiger charge is -2.22. The van der Waals surface area contributed by atoms with Crippen LogP contribution in [-0.2, 0) is 6.61 Å². The summed E-state index contributed by atoms with van der Waals surface area (Å²) in [5.41, 5.74) is 6.49. The number of nitrogens with zero attached hydrogens (tertiary/aromatic N) is 1. The number of hydrogen-bond acceptors (Lipinski definition) is 2. The van der Waals surface area contributed by atoms with Gasteiger partial charge in [-0.25, -0.2) is 0 Å². The Bertz CT molecular complexity index is 700. The fraction of sp³-hybridized carbons (Fsp3) is 0.409. The molecule has 0 amide bonds. The van der Waals surface area contributed by atoms with Gasteiger partial charge in [0.25, 0.3) is 0 Å². The van der Waals surface area contributed by atoms with Gasteiger partial charge in [0, 0.05) is 16.8 Å². The Morgan fingerprint density at radius 2 is 1.62 bits per heavy atom. The van der Waals surface area contributed by atoms with Gasteiger partial charge in [-0.15, -0.1) is 0 Å². The summed E-state index contributed by atoms with van der Waals surface area (Å²) in [6.45, 7) is 10.8. The van der Waals surface area contributed by atoms with Crippen LogP contribution in [0.5, 0.6) is 0 Å². The molecule has 0 aliphatic rings.